The first kappa shape index (κ1) is 21.8. The number of amides is 1. The van der Waals surface area contributed by atoms with Gasteiger partial charge >= 0.3 is 0 Å². The number of rotatable bonds is 7. The van der Waals surface area contributed by atoms with Crippen molar-refractivity contribution in [1.82, 2.24) is 9.21 Å². The first-order chi connectivity index (χ1) is 14.3. The number of non-ortho nitro benzene ring substituents is 1. The summed E-state index contributed by atoms with van der Waals surface area (Å²) in [5, 5.41) is 13.3. The van der Waals surface area contributed by atoms with Crippen LogP contribution in [0, 0.1) is 15.9 Å². The van der Waals surface area contributed by atoms with Crippen LogP contribution in [-0.4, -0.2) is 61.2 Å². The Morgan fingerprint density at radius 2 is 1.70 bits per heavy atom. The molecule has 30 heavy (non-hydrogen) atoms. The second-order valence-electron chi connectivity index (χ2n) is 6.78. The van der Waals surface area contributed by atoms with Crippen molar-refractivity contribution in [1.29, 1.82) is 0 Å². The van der Waals surface area contributed by atoms with Gasteiger partial charge in [0.2, 0.25) is 15.9 Å². The predicted molar refractivity (Wildman–Crippen MR) is 108 cm³/mol. The number of benzene rings is 2. The molecule has 0 unspecified atom stereocenters. The lowest BCUT2D eigenvalue weighted by atomic mass is 10.2. The molecule has 9 nitrogen and oxygen atoms in total. The average molecular weight is 436 g/mol. The number of piperazine rings is 1. The van der Waals surface area contributed by atoms with Gasteiger partial charge in [-0.3, -0.25) is 14.9 Å². The normalized spacial score (nSPS) is 15.6. The number of nitrogens with one attached hydrogen (secondary N) is 1. The third-order valence-electron chi connectivity index (χ3n) is 4.80. The molecule has 0 radical (unpaired) electrons. The Hall–Kier alpha value is -2.89. The first-order valence-corrected chi connectivity index (χ1v) is 10.7. The van der Waals surface area contributed by atoms with Crippen LogP contribution in [-0.2, 0) is 14.8 Å². The summed E-state index contributed by atoms with van der Waals surface area (Å²) in [6.45, 7) is 1.71. The fourth-order valence-corrected chi connectivity index (χ4v) is 4.62. The molecule has 1 aliphatic heterocycles. The van der Waals surface area contributed by atoms with Gasteiger partial charge in [-0.15, -0.1) is 0 Å². The van der Waals surface area contributed by atoms with E-state index in [1.165, 1.54) is 46.8 Å². The summed E-state index contributed by atoms with van der Waals surface area (Å²) < 4.78 is 40.3. The molecule has 11 heteroatoms. The molecule has 1 aliphatic rings. The molecule has 0 saturated carbocycles. The summed E-state index contributed by atoms with van der Waals surface area (Å²) >= 11 is 0. The van der Waals surface area contributed by atoms with E-state index in [1.54, 1.807) is 0 Å². The molecular weight excluding hydrogens is 415 g/mol. The summed E-state index contributed by atoms with van der Waals surface area (Å²) in [5.74, 6) is -1.02. The molecular formula is C19H21FN4O5S. The smallest absolute Gasteiger partial charge is 0.269 e. The summed E-state index contributed by atoms with van der Waals surface area (Å²) in [5.41, 5.74) is 0.405. The lowest BCUT2D eigenvalue weighted by Crippen LogP contribution is -2.49. The molecule has 0 aliphatic carbocycles. The number of nitro benzene ring substituents is 1. The molecule has 3 rings (SSSR count). The summed E-state index contributed by atoms with van der Waals surface area (Å²) in [7, 11) is -3.89. The second kappa shape index (κ2) is 9.28. The maximum Gasteiger partial charge on any atom is 0.269 e. The minimum Gasteiger partial charge on any atom is -0.326 e. The van der Waals surface area contributed by atoms with Gasteiger partial charge in [0.05, 0.1) is 4.92 Å². The van der Waals surface area contributed by atoms with E-state index in [0.717, 1.165) is 6.07 Å². The standard InChI is InChI=1S/C19H21FN4O5S/c20-17-3-1-2-4-18(17)30(28,29)23-13-11-22(12-14-23)10-9-19(25)21-15-5-7-16(8-6-15)24(26)27/h1-8H,9-14H2,(H,21,25). The van der Waals surface area contributed by atoms with E-state index in [2.05, 4.69) is 5.32 Å². The topological polar surface area (TPSA) is 113 Å². The molecule has 1 N–H and O–H groups in total. The maximum absolute atomic E-state index is 13.9. The van der Waals surface area contributed by atoms with Gasteiger partial charge in [-0.25, -0.2) is 12.8 Å². The predicted octanol–water partition coefficient (Wildman–Crippen LogP) is 2.07. The van der Waals surface area contributed by atoms with E-state index in [-0.39, 0.29) is 36.0 Å². The molecule has 1 saturated heterocycles. The fraction of sp³-hybridized carbons (Fsp3) is 0.316. The molecule has 0 bridgehead atoms. The average Bonchev–Trinajstić information content (AvgIpc) is 2.73. The summed E-state index contributed by atoms with van der Waals surface area (Å²) in [6.07, 6.45) is 0.192. The van der Waals surface area contributed by atoms with Crippen LogP contribution in [0.2, 0.25) is 0 Å². The minimum atomic E-state index is -3.89. The van der Waals surface area contributed by atoms with Crippen LogP contribution in [0.3, 0.4) is 0 Å². The van der Waals surface area contributed by atoms with Gasteiger partial charge in [0, 0.05) is 57.0 Å². The highest BCUT2D eigenvalue weighted by Crippen LogP contribution is 2.20. The van der Waals surface area contributed by atoms with Gasteiger partial charge in [-0.1, -0.05) is 12.1 Å². The molecule has 1 amide bonds. The van der Waals surface area contributed by atoms with Crippen molar-refractivity contribution in [2.24, 2.45) is 0 Å². The Labute approximate surface area is 173 Å². The number of nitrogens with zero attached hydrogens (tertiary/aromatic N) is 3. The Morgan fingerprint density at radius 3 is 2.30 bits per heavy atom. The lowest BCUT2D eigenvalue weighted by molar-refractivity contribution is -0.384. The van der Waals surface area contributed by atoms with Crippen molar-refractivity contribution in [3.63, 3.8) is 0 Å². The number of hydrogen-bond donors (Lipinski definition) is 1. The summed E-state index contributed by atoms with van der Waals surface area (Å²) in [4.78, 5) is 23.9. The van der Waals surface area contributed by atoms with Gasteiger partial charge < -0.3 is 10.2 Å². The highest BCUT2D eigenvalue weighted by atomic mass is 32.2. The van der Waals surface area contributed by atoms with Crippen molar-refractivity contribution >= 4 is 27.3 Å². The zero-order chi connectivity index (χ0) is 21.7. The Kier molecular flexibility index (Phi) is 6.75. The van der Waals surface area contributed by atoms with Crippen molar-refractivity contribution in [3.8, 4) is 0 Å². The van der Waals surface area contributed by atoms with Crippen LogP contribution in [0.5, 0.6) is 0 Å². The van der Waals surface area contributed by atoms with Gasteiger partial charge in [-0.2, -0.15) is 4.31 Å². The van der Waals surface area contributed by atoms with E-state index < -0.39 is 20.8 Å². The first-order valence-electron chi connectivity index (χ1n) is 9.29. The maximum atomic E-state index is 13.9. The summed E-state index contributed by atoms with van der Waals surface area (Å²) in [6, 6.07) is 10.8. The highest BCUT2D eigenvalue weighted by Gasteiger charge is 2.30. The number of hydrogen-bond acceptors (Lipinski definition) is 6. The van der Waals surface area contributed by atoms with Crippen molar-refractivity contribution < 1.29 is 22.5 Å². The molecule has 1 fully saturated rings. The van der Waals surface area contributed by atoms with E-state index in [1.807, 2.05) is 4.90 Å². The molecule has 2 aromatic carbocycles. The van der Waals surface area contributed by atoms with Gasteiger partial charge in [0.1, 0.15) is 10.7 Å². The van der Waals surface area contributed by atoms with Crippen LogP contribution in [0.1, 0.15) is 6.42 Å². The van der Waals surface area contributed by atoms with Crippen molar-refractivity contribution in [3.05, 3.63) is 64.5 Å². The highest BCUT2D eigenvalue weighted by molar-refractivity contribution is 7.89. The Balaban J connectivity index is 1.47. The van der Waals surface area contributed by atoms with Crippen LogP contribution in [0.25, 0.3) is 0 Å². The van der Waals surface area contributed by atoms with Crippen LogP contribution in [0.4, 0.5) is 15.8 Å². The Bertz CT molecular complexity index is 1020. The number of halogens is 1. The van der Waals surface area contributed by atoms with Crippen LogP contribution in [0.15, 0.2) is 53.4 Å². The number of sulfonamides is 1. The van der Waals surface area contributed by atoms with E-state index in [9.17, 15) is 27.7 Å². The van der Waals surface area contributed by atoms with Gasteiger partial charge in [0.15, 0.2) is 0 Å². The molecule has 2 aromatic rings. The monoisotopic (exact) mass is 436 g/mol. The quantitative estimate of drug-likeness (QED) is 0.525. The Morgan fingerprint density at radius 1 is 1.07 bits per heavy atom. The fourth-order valence-electron chi connectivity index (χ4n) is 3.14. The molecule has 0 spiro atoms. The van der Waals surface area contributed by atoms with E-state index >= 15 is 0 Å². The number of carbonyl (C=O) groups excluding carboxylic acids is 1. The van der Waals surface area contributed by atoms with E-state index in [4.69, 9.17) is 0 Å². The second-order valence-corrected chi connectivity index (χ2v) is 8.68. The molecule has 0 aromatic heterocycles. The largest absolute Gasteiger partial charge is 0.326 e. The zero-order valence-corrected chi connectivity index (χ0v) is 16.8. The number of nitro groups is 1. The van der Waals surface area contributed by atoms with Crippen LogP contribution >= 0.6 is 0 Å². The molecule has 1 heterocycles. The zero-order valence-electron chi connectivity index (χ0n) is 16.0. The van der Waals surface area contributed by atoms with Gasteiger partial charge in [-0.05, 0) is 24.3 Å². The molecule has 0 atom stereocenters. The lowest BCUT2D eigenvalue weighted by Gasteiger charge is -2.33. The SMILES string of the molecule is O=C(CCN1CCN(S(=O)(=O)c2ccccc2F)CC1)Nc1ccc([N+](=O)[O-])cc1. The van der Waals surface area contributed by atoms with Crippen LogP contribution < -0.4 is 5.32 Å². The third-order valence-corrected chi connectivity index (χ3v) is 6.73. The van der Waals surface area contributed by atoms with Gasteiger partial charge in [0.25, 0.3) is 5.69 Å². The third kappa shape index (κ3) is 5.17. The van der Waals surface area contributed by atoms with E-state index in [0.29, 0.717) is 25.3 Å². The number of carbonyl (C=O) groups is 1. The minimum absolute atomic E-state index is 0.0591. The molecule has 160 valence electrons. The van der Waals surface area contributed by atoms with Crippen molar-refractivity contribution in [2.75, 3.05) is 38.0 Å². The number of anilines is 1. The van der Waals surface area contributed by atoms with Crippen molar-refractivity contribution in [2.45, 2.75) is 11.3 Å².